The highest BCUT2D eigenvalue weighted by molar-refractivity contribution is 7.85. The van der Waals surface area contributed by atoms with Gasteiger partial charge in [-0.1, -0.05) is 145 Å². The summed E-state index contributed by atoms with van der Waals surface area (Å²) in [7, 11) is -4.62. The van der Waals surface area contributed by atoms with E-state index in [1.54, 1.807) is 0 Å². The first-order valence-electron chi connectivity index (χ1n) is 23.5. The van der Waals surface area contributed by atoms with Gasteiger partial charge in [-0.25, -0.2) is 0 Å². The summed E-state index contributed by atoms with van der Waals surface area (Å²) in [6, 6.07) is 0. The zero-order valence-electron chi connectivity index (χ0n) is 37.9. The first kappa shape index (κ1) is 57.1. The molecule has 4 N–H and O–H groups in total. The van der Waals surface area contributed by atoms with E-state index >= 15 is 0 Å². The zero-order chi connectivity index (χ0) is 45.5. The van der Waals surface area contributed by atoms with E-state index in [9.17, 15) is 37.9 Å². The fourth-order valence-corrected chi connectivity index (χ4v) is 7.27. The molecular weight excluding hydrogens is 813 g/mol. The van der Waals surface area contributed by atoms with Gasteiger partial charge in [-0.3, -0.25) is 14.1 Å². The second-order valence-electron chi connectivity index (χ2n) is 16.1. The smallest absolute Gasteiger partial charge is 0.306 e. The topological polar surface area (TPSA) is 186 Å². The first-order chi connectivity index (χ1) is 30.0. The number of esters is 2. The monoisotopic (exact) mass is 895 g/mol. The number of rotatable bonds is 38. The summed E-state index contributed by atoms with van der Waals surface area (Å²) in [6.07, 6.45) is 39.5. The number of ether oxygens (including phenoxy) is 4. The lowest BCUT2D eigenvalue weighted by Gasteiger charge is -2.40. The maximum atomic E-state index is 12.8. The van der Waals surface area contributed by atoms with Crippen molar-refractivity contribution in [3.63, 3.8) is 0 Å². The minimum atomic E-state index is -4.62. The summed E-state index contributed by atoms with van der Waals surface area (Å²) in [4.78, 5) is 25.4. The molecule has 0 aliphatic carbocycles. The van der Waals surface area contributed by atoms with Crippen LogP contribution in [-0.2, 0) is 38.7 Å². The maximum Gasteiger partial charge on any atom is 0.306 e. The molecule has 6 atom stereocenters. The van der Waals surface area contributed by atoms with Gasteiger partial charge >= 0.3 is 11.9 Å². The molecule has 1 rings (SSSR count). The lowest BCUT2D eigenvalue weighted by molar-refractivity contribution is -0.297. The largest absolute Gasteiger partial charge is 0.462 e. The molecule has 1 heterocycles. The van der Waals surface area contributed by atoms with E-state index < -0.39 is 71.2 Å². The number of carbonyl (C=O) groups excluding carboxylic acids is 2. The van der Waals surface area contributed by atoms with Crippen molar-refractivity contribution >= 4 is 22.1 Å². The van der Waals surface area contributed by atoms with Crippen LogP contribution in [0.25, 0.3) is 0 Å². The molecule has 0 saturated carbocycles. The van der Waals surface area contributed by atoms with Crippen molar-refractivity contribution in [3.05, 3.63) is 72.9 Å². The third kappa shape index (κ3) is 32.7. The van der Waals surface area contributed by atoms with Gasteiger partial charge in [-0.15, -0.1) is 0 Å². The Morgan fingerprint density at radius 3 is 1.52 bits per heavy atom. The van der Waals surface area contributed by atoms with Crippen LogP contribution < -0.4 is 0 Å². The highest BCUT2D eigenvalue weighted by atomic mass is 32.2. The number of hydrogen-bond donors (Lipinski definition) is 4. The van der Waals surface area contributed by atoms with Crippen LogP contribution in [0.2, 0.25) is 0 Å². The van der Waals surface area contributed by atoms with Gasteiger partial charge in [0.25, 0.3) is 10.1 Å². The SMILES string of the molecule is CCCCC/C=C/C/C=C/C/C=C/CCCCCCC(=O)O[C@H](COC(=O)CCC/C=C/C/C=C/C/C=C/CCCCCCCC)CO[C@H]1O[C@H](CS(=O)(=O)O)[C@@H](O)C(O)C1O. The van der Waals surface area contributed by atoms with Crippen LogP contribution in [-0.4, -0.2) is 96.0 Å². The van der Waals surface area contributed by atoms with E-state index in [2.05, 4.69) is 80.7 Å². The molecule has 0 aromatic rings. The molecule has 1 aliphatic rings. The van der Waals surface area contributed by atoms with Gasteiger partial charge < -0.3 is 34.3 Å². The second kappa shape index (κ2) is 38.5. The Hall–Kier alpha value is -2.91. The number of allylic oxidation sites excluding steroid dienone is 12. The van der Waals surface area contributed by atoms with E-state index in [1.165, 1.54) is 57.8 Å². The van der Waals surface area contributed by atoms with Gasteiger partial charge in [-0.2, -0.15) is 8.42 Å². The minimum absolute atomic E-state index is 0.125. The van der Waals surface area contributed by atoms with Crippen LogP contribution in [0.1, 0.15) is 168 Å². The molecule has 0 aromatic carbocycles. The molecule has 13 heteroatoms. The molecule has 1 aliphatic heterocycles. The molecule has 356 valence electrons. The van der Waals surface area contributed by atoms with E-state index in [0.29, 0.717) is 19.3 Å². The molecule has 0 bridgehead atoms. The van der Waals surface area contributed by atoms with Crippen LogP contribution in [0.15, 0.2) is 72.9 Å². The minimum Gasteiger partial charge on any atom is -0.462 e. The Kier molecular flexibility index (Phi) is 35.5. The van der Waals surface area contributed by atoms with E-state index in [1.807, 2.05) is 6.08 Å². The van der Waals surface area contributed by atoms with Gasteiger partial charge in [0, 0.05) is 12.8 Å². The quantitative estimate of drug-likeness (QED) is 0.0199. The van der Waals surface area contributed by atoms with Gasteiger partial charge in [-0.05, 0) is 83.5 Å². The summed E-state index contributed by atoms with van der Waals surface area (Å²) in [5.74, 6) is -2.09. The fraction of sp³-hybridized carbons (Fsp3) is 0.714. The molecule has 2 unspecified atom stereocenters. The van der Waals surface area contributed by atoms with Crippen LogP contribution >= 0.6 is 0 Å². The van der Waals surface area contributed by atoms with Crippen molar-refractivity contribution in [1.82, 2.24) is 0 Å². The lowest BCUT2D eigenvalue weighted by Crippen LogP contribution is -2.60. The standard InChI is InChI=1S/C49H82O12S/c1-3-5-7-9-11-13-15-17-19-21-23-25-27-29-31-33-35-37-44(50)58-39-42(40-59-49-48(54)47(53)46(52)43(61-49)41-62(55,56)57)60-45(51)38-36-34-32-30-28-26-24-22-20-18-16-14-12-10-8-6-4-2/h12,14,17-20,23-26,29,31,42-43,46-49,52-54H,3-11,13,15-16,21-22,27-28,30,32-41H2,1-2H3,(H,55,56,57)/b14-12+,19-17+,20-18+,25-23+,26-24+,31-29+/t42-,43-,46-,47?,48?,49+/m1/s1. The van der Waals surface area contributed by atoms with Crippen molar-refractivity contribution < 1.29 is 56.8 Å². The summed E-state index contributed by atoms with van der Waals surface area (Å²) in [6.45, 7) is 3.66. The molecule has 1 saturated heterocycles. The molecule has 0 spiro atoms. The van der Waals surface area contributed by atoms with Crippen molar-refractivity contribution in [3.8, 4) is 0 Å². The second-order valence-corrected chi connectivity index (χ2v) is 17.6. The number of carbonyl (C=O) groups is 2. The zero-order valence-corrected chi connectivity index (χ0v) is 38.8. The third-order valence-corrected chi connectivity index (χ3v) is 11.0. The molecule has 0 aromatic heterocycles. The van der Waals surface area contributed by atoms with Crippen molar-refractivity contribution in [2.75, 3.05) is 19.0 Å². The van der Waals surface area contributed by atoms with Crippen molar-refractivity contribution in [2.24, 2.45) is 0 Å². The maximum absolute atomic E-state index is 12.8. The van der Waals surface area contributed by atoms with Crippen molar-refractivity contribution in [1.29, 1.82) is 0 Å². The van der Waals surface area contributed by atoms with Gasteiger partial charge in [0.05, 0.1) is 6.61 Å². The average Bonchev–Trinajstić information content (AvgIpc) is 3.24. The Balaban J connectivity index is 2.50. The van der Waals surface area contributed by atoms with Crippen molar-refractivity contribution in [2.45, 2.75) is 205 Å². The van der Waals surface area contributed by atoms with Crippen LogP contribution in [0.3, 0.4) is 0 Å². The Labute approximate surface area is 374 Å². The van der Waals surface area contributed by atoms with Gasteiger partial charge in [0.2, 0.25) is 0 Å². The molecule has 0 radical (unpaired) electrons. The summed E-state index contributed by atoms with van der Waals surface area (Å²) >= 11 is 0. The highest BCUT2D eigenvalue weighted by Crippen LogP contribution is 2.24. The van der Waals surface area contributed by atoms with E-state index in [4.69, 9.17) is 18.9 Å². The molecule has 1 fully saturated rings. The summed E-state index contributed by atoms with van der Waals surface area (Å²) in [5.41, 5.74) is 0. The molecular formula is C49H82O12S. The average molecular weight is 895 g/mol. The Morgan fingerprint density at radius 1 is 0.548 bits per heavy atom. The molecule has 0 amide bonds. The normalized spacial score (nSPS) is 20.5. The van der Waals surface area contributed by atoms with E-state index in [-0.39, 0.29) is 19.4 Å². The van der Waals surface area contributed by atoms with E-state index in [0.717, 1.165) is 64.2 Å². The molecule has 12 nitrogen and oxygen atoms in total. The number of unbranched alkanes of at least 4 members (excludes halogenated alkanes) is 14. The number of aliphatic hydroxyl groups is 3. The third-order valence-electron chi connectivity index (χ3n) is 10.3. The van der Waals surface area contributed by atoms with Crippen LogP contribution in [0.4, 0.5) is 0 Å². The summed E-state index contributed by atoms with van der Waals surface area (Å²) in [5, 5.41) is 30.9. The number of aliphatic hydroxyl groups excluding tert-OH is 3. The highest BCUT2D eigenvalue weighted by Gasteiger charge is 2.46. The molecule has 62 heavy (non-hydrogen) atoms. The van der Waals surface area contributed by atoms with Gasteiger partial charge in [0.15, 0.2) is 12.4 Å². The Bertz CT molecular complexity index is 1420. The van der Waals surface area contributed by atoms with Crippen LogP contribution in [0, 0.1) is 0 Å². The predicted octanol–water partition coefficient (Wildman–Crippen LogP) is 9.89. The fourth-order valence-electron chi connectivity index (χ4n) is 6.58. The van der Waals surface area contributed by atoms with Gasteiger partial charge in [0.1, 0.15) is 36.8 Å². The first-order valence-corrected chi connectivity index (χ1v) is 25.1. The lowest BCUT2D eigenvalue weighted by atomic mass is 10.00. The predicted molar refractivity (Wildman–Crippen MR) is 247 cm³/mol. The van der Waals surface area contributed by atoms with Crippen LogP contribution in [0.5, 0.6) is 0 Å². The number of hydrogen-bond acceptors (Lipinski definition) is 11. The summed E-state index contributed by atoms with van der Waals surface area (Å²) < 4.78 is 54.0. The Morgan fingerprint density at radius 2 is 0.984 bits per heavy atom.